The lowest BCUT2D eigenvalue weighted by Gasteiger charge is -2.31. The molecule has 2 aliphatic rings. The molecule has 1 amide bonds. The van der Waals surface area contributed by atoms with Gasteiger partial charge in [0.05, 0.1) is 26.4 Å². The van der Waals surface area contributed by atoms with E-state index in [9.17, 15) is 9.18 Å². The van der Waals surface area contributed by atoms with Crippen LogP contribution < -0.4 is 25.8 Å². The zero-order chi connectivity index (χ0) is 31.0. The number of hydrogen-bond donors (Lipinski definition) is 2. The Kier molecular flexibility index (Phi) is 9.93. The Balaban J connectivity index is 1.16. The average molecular weight is 630 g/mol. The van der Waals surface area contributed by atoms with Crippen molar-refractivity contribution < 1.29 is 18.7 Å². The maximum atomic E-state index is 14.5. The van der Waals surface area contributed by atoms with Gasteiger partial charge in [-0.1, -0.05) is 17.8 Å². The number of halogens is 1. The summed E-state index contributed by atoms with van der Waals surface area (Å²) in [6.45, 7) is 6.24. The highest BCUT2D eigenvalue weighted by atomic mass is 32.2. The lowest BCUT2D eigenvalue weighted by atomic mass is 10.2. The molecule has 2 fully saturated rings. The molecule has 0 aliphatic carbocycles. The molecule has 10 nitrogen and oxygen atoms in total. The molecule has 0 unspecified atom stereocenters. The van der Waals surface area contributed by atoms with Crippen LogP contribution in [0.5, 0.6) is 0 Å². The topological polar surface area (TPSA) is 109 Å². The first-order chi connectivity index (χ1) is 22.0. The molecule has 0 radical (unpaired) electrons. The van der Waals surface area contributed by atoms with E-state index in [-0.39, 0.29) is 18.1 Å². The van der Waals surface area contributed by atoms with E-state index in [4.69, 9.17) is 15.2 Å². The van der Waals surface area contributed by atoms with Crippen molar-refractivity contribution in [2.24, 2.45) is 5.73 Å². The molecule has 12 heteroatoms. The molecular formula is C33H36FN7O3S. The van der Waals surface area contributed by atoms with Gasteiger partial charge in [-0.2, -0.15) is 0 Å². The van der Waals surface area contributed by atoms with Crippen molar-refractivity contribution in [2.75, 3.05) is 79.2 Å². The second kappa shape index (κ2) is 14.6. The summed E-state index contributed by atoms with van der Waals surface area (Å²) in [6, 6.07) is 23.2. The molecule has 3 heterocycles. The smallest absolute Gasteiger partial charge is 0.228 e. The fraction of sp³-hybridized carbons (Fsp3) is 0.303. The maximum absolute atomic E-state index is 14.5. The van der Waals surface area contributed by atoms with Crippen LogP contribution in [0.3, 0.4) is 0 Å². The Morgan fingerprint density at radius 1 is 0.889 bits per heavy atom. The Hall–Kier alpha value is -4.39. The van der Waals surface area contributed by atoms with E-state index in [0.717, 1.165) is 45.8 Å². The van der Waals surface area contributed by atoms with Crippen LogP contribution in [0.1, 0.15) is 6.42 Å². The van der Waals surface area contributed by atoms with Crippen LogP contribution in [0, 0.1) is 5.82 Å². The van der Waals surface area contributed by atoms with Gasteiger partial charge in [-0.15, -0.1) is 0 Å². The molecule has 4 aromatic rings. The largest absolute Gasteiger partial charge is 0.378 e. The summed E-state index contributed by atoms with van der Waals surface area (Å²) >= 11 is 1.50. The number of amides is 1. The van der Waals surface area contributed by atoms with E-state index >= 15 is 0 Å². The van der Waals surface area contributed by atoms with Crippen molar-refractivity contribution in [1.29, 1.82) is 0 Å². The van der Waals surface area contributed by atoms with Crippen LogP contribution in [-0.4, -0.2) is 75.0 Å². The monoisotopic (exact) mass is 629 g/mol. The zero-order valence-corrected chi connectivity index (χ0v) is 25.7. The van der Waals surface area contributed by atoms with Crippen molar-refractivity contribution in [1.82, 2.24) is 9.97 Å². The molecule has 45 heavy (non-hydrogen) atoms. The standard InChI is InChI=1S/C33H36FN7O3S/c34-24-20-25(22-29(21-24)40-14-18-44-19-15-40)37-33-36-10-8-32(38-33)45-30-6-4-26(5-7-30)41(11-9-31(35)42)28-3-1-2-27(23-28)39-12-16-43-17-13-39/h1-8,10,20-23H,9,11-19H2,(H2,35,42)(H,36,37,38). The summed E-state index contributed by atoms with van der Waals surface area (Å²) in [7, 11) is 0. The Labute approximate surface area is 266 Å². The molecule has 1 aromatic heterocycles. The number of carbonyl (C=O) groups is 1. The Bertz CT molecular complexity index is 1600. The number of hydrogen-bond acceptors (Lipinski definition) is 10. The third kappa shape index (κ3) is 8.21. The minimum absolute atomic E-state index is 0.230. The highest BCUT2D eigenvalue weighted by molar-refractivity contribution is 7.99. The number of nitrogens with one attached hydrogen (secondary N) is 1. The number of morpholine rings is 2. The number of carbonyl (C=O) groups excluding carboxylic acids is 1. The molecule has 0 bridgehead atoms. The van der Waals surface area contributed by atoms with Gasteiger partial charge < -0.3 is 35.2 Å². The van der Waals surface area contributed by atoms with Crippen molar-refractivity contribution in [3.05, 3.63) is 84.8 Å². The molecule has 2 saturated heterocycles. The number of nitrogens with zero attached hydrogens (tertiary/aromatic N) is 5. The minimum Gasteiger partial charge on any atom is -0.378 e. The van der Waals surface area contributed by atoms with Crippen LogP contribution >= 0.6 is 11.8 Å². The molecule has 3 N–H and O–H groups in total. The van der Waals surface area contributed by atoms with Gasteiger partial charge in [-0.25, -0.2) is 14.4 Å². The molecule has 3 aromatic carbocycles. The summed E-state index contributed by atoms with van der Waals surface area (Å²) in [5, 5.41) is 3.90. The lowest BCUT2D eigenvalue weighted by Crippen LogP contribution is -2.36. The number of primary amides is 1. The third-order valence-corrected chi connectivity index (χ3v) is 8.56. The molecule has 2 aliphatic heterocycles. The maximum Gasteiger partial charge on any atom is 0.228 e. The zero-order valence-electron chi connectivity index (χ0n) is 24.9. The highest BCUT2D eigenvalue weighted by Gasteiger charge is 2.17. The van der Waals surface area contributed by atoms with Gasteiger partial charge in [0, 0.05) is 78.7 Å². The second-order valence-electron chi connectivity index (χ2n) is 10.7. The fourth-order valence-electron chi connectivity index (χ4n) is 5.36. The number of nitrogens with two attached hydrogens (primary N) is 1. The first-order valence-corrected chi connectivity index (χ1v) is 15.8. The highest BCUT2D eigenvalue weighted by Crippen LogP contribution is 2.33. The molecule has 0 saturated carbocycles. The van der Waals surface area contributed by atoms with Gasteiger partial charge in [0.1, 0.15) is 10.8 Å². The summed E-state index contributed by atoms with van der Waals surface area (Å²) in [6.07, 6.45) is 1.91. The van der Waals surface area contributed by atoms with Gasteiger partial charge in [-0.05, 0) is 66.7 Å². The molecule has 0 atom stereocenters. The molecule has 6 rings (SSSR count). The predicted molar refractivity (Wildman–Crippen MR) is 176 cm³/mol. The first kappa shape index (κ1) is 30.6. The van der Waals surface area contributed by atoms with Crippen molar-refractivity contribution in [3.8, 4) is 0 Å². The van der Waals surface area contributed by atoms with Crippen LogP contribution in [0.4, 0.5) is 38.8 Å². The van der Waals surface area contributed by atoms with Crippen LogP contribution in [0.2, 0.25) is 0 Å². The van der Waals surface area contributed by atoms with E-state index in [0.29, 0.717) is 57.7 Å². The van der Waals surface area contributed by atoms with Crippen molar-refractivity contribution >= 4 is 52.1 Å². The molecule has 234 valence electrons. The number of aromatic nitrogens is 2. The van der Waals surface area contributed by atoms with E-state index in [1.165, 1.54) is 23.9 Å². The van der Waals surface area contributed by atoms with E-state index < -0.39 is 0 Å². The van der Waals surface area contributed by atoms with Gasteiger partial charge in [-0.3, -0.25) is 4.79 Å². The average Bonchev–Trinajstić information content (AvgIpc) is 3.06. The first-order valence-electron chi connectivity index (χ1n) is 15.0. The van der Waals surface area contributed by atoms with Gasteiger partial charge in [0.15, 0.2) is 0 Å². The summed E-state index contributed by atoms with van der Waals surface area (Å²) in [4.78, 5) is 28.2. The van der Waals surface area contributed by atoms with Crippen LogP contribution in [0.25, 0.3) is 0 Å². The lowest BCUT2D eigenvalue weighted by molar-refractivity contribution is -0.117. The summed E-state index contributed by atoms with van der Waals surface area (Å²) in [5.41, 5.74) is 9.96. The van der Waals surface area contributed by atoms with Crippen molar-refractivity contribution in [3.63, 3.8) is 0 Å². The summed E-state index contributed by atoms with van der Waals surface area (Å²) < 4.78 is 25.4. The number of anilines is 6. The van der Waals surface area contributed by atoms with E-state index in [1.54, 1.807) is 6.20 Å². The number of rotatable bonds is 11. The van der Waals surface area contributed by atoms with Crippen molar-refractivity contribution in [2.45, 2.75) is 16.3 Å². The van der Waals surface area contributed by atoms with Gasteiger partial charge >= 0.3 is 0 Å². The fourth-order valence-corrected chi connectivity index (χ4v) is 6.14. The third-order valence-electron chi connectivity index (χ3n) is 7.62. The van der Waals surface area contributed by atoms with E-state index in [1.807, 2.05) is 48.5 Å². The normalized spacial score (nSPS) is 15.1. The van der Waals surface area contributed by atoms with Gasteiger partial charge in [0.2, 0.25) is 11.9 Å². The quantitative estimate of drug-likeness (QED) is 0.215. The number of benzene rings is 3. The summed E-state index contributed by atoms with van der Waals surface area (Å²) in [5.74, 6) is -0.294. The minimum atomic E-state index is -0.347. The van der Waals surface area contributed by atoms with Gasteiger partial charge in [0.25, 0.3) is 0 Å². The molecular weight excluding hydrogens is 593 g/mol. The molecule has 0 spiro atoms. The number of ether oxygens (including phenoxy) is 2. The Morgan fingerprint density at radius 2 is 1.60 bits per heavy atom. The SMILES string of the molecule is NC(=O)CCN(c1ccc(Sc2ccnc(Nc3cc(F)cc(N4CCOCC4)c3)n2)cc1)c1cccc(N2CCOCC2)c1. The Morgan fingerprint density at radius 3 is 2.31 bits per heavy atom. The predicted octanol–water partition coefficient (Wildman–Crippen LogP) is 5.20. The van der Waals surface area contributed by atoms with Crippen LogP contribution in [-0.2, 0) is 14.3 Å². The second-order valence-corrected chi connectivity index (χ2v) is 11.8. The van der Waals surface area contributed by atoms with Crippen LogP contribution in [0.15, 0.2) is 88.9 Å². The van der Waals surface area contributed by atoms with E-state index in [2.05, 4.69) is 42.1 Å².